The largest absolute Gasteiger partial charge is 0.485 e. The lowest BCUT2D eigenvalue weighted by molar-refractivity contribution is -0.0522. The van der Waals surface area contributed by atoms with E-state index < -0.39 is 35.9 Å². The lowest BCUT2D eigenvalue weighted by Gasteiger charge is -2.46. The van der Waals surface area contributed by atoms with Gasteiger partial charge >= 0.3 is 12.6 Å². The Morgan fingerprint density at radius 1 is 1.29 bits per heavy atom. The van der Waals surface area contributed by atoms with Crippen molar-refractivity contribution in [2.24, 2.45) is 0 Å². The van der Waals surface area contributed by atoms with Gasteiger partial charge in [-0.3, -0.25) is 0 Å². The van der Waals surface area contributed by atoms with Crippen LogP contribution < -0.4 is 14.8 Å². The number of hydrogen-bond donors (Lipinski definition) is 2. The number of para-hydroxylation sites is 1. The summed E-state index contributed by atoms with van der Waals surface area (Å²) in [5, 5.41) is 13.5. The maximum absolute atomic E-state index is 13.9. The van der Waals surface area contributed by atoms with Crippen molar-refractivity contribution < 1.29 is 32.5 Å². The minimum absolute atomic E-state index is 0.120. The van der Waals surface area contributed by atoms with Gasteiger partial charge in [0.1, 0.15) is 11.4 Å². The van der Waals surface area contributed by atoms with Crippen molar-refractivity contribution in [3.8, 4) is 11.5 Å². The van der Waals surface area contributed by atoms with Crippen LogP contribution in [0.1, 0.15) is 30.9 Å². The van der Waals surface area contributed by atoms with E-state index in [1.807, 2.05) is 0 Å². The molecule has 0 saturated carbocycles. The summed E-state index contributed by atoms with van der Waals surface area (Å²) in [5.41, 5.74) is 0.142. The number of piperidine rings is 1. The van der Waals surface area contributed by atoms with Gasteiger partial charge in [0.05, 0.1) is 11.1 Å². The van der Waals surface area contributed by atoms with Gasteiger partial charge in [0.25, 0.3) is 0 Å². The number of nitrogens with zero attached hydrogens (tertiary/aromatic N) is 1. The summed E-state index contributed by atoms with van der Waals surface area (Å²) >= 11 is 6.24. The molecule has 2 N–H and O–H groups in total. The lowest BCUT2D eigenvalue weighted by Crippen LogP contribution is -2.52. The monoisotopic (exact) mass is 456 g/mol. The summed E-state index contributed by atoms with van der Waals surface area (Å²) < 4.78 is 48.6. The molecule has 0 aromatic heterocycles. The predicted molar refractivity (Wildman–Crippen MR) is 107 cm³/mol. The molecule has 1 spiro atoms. The fraction of sp³-hybridized carbons (Fsp3) is 0.381. The van der Waals surface area contributed by atoms with Gasteiger partial charge < -0.3 is 24.8 Å². The minimum Gasteiger partial charge on any atom is -0.485 e. The van der Waals surface area contributed by atoms with Crippen LogP contribution in [0.5, 0.6) is 11.5 Å². The van der Waals surface area contributed by atoms with Crippen LogP contribution in [0, 0.1) is 5.82 Å². The number of ether oxygens (including phenoxy) is 2. The minimum atomic E-state index is -3.14. The number of anilines is 1. The van der Waals surface area contributed by atoms with Crippen molar-refractivity contribution >= 4 is 23.3 Å². The molecule has 2 heterocycles. The first-order chi connectivity index (χ1) is 14.8. The van der Waals surface area contributed by atoms with Gasteiger partial charge in [0, 0.05) is 49.7 Å². The summed E-state index contributed by atoms with van der Waals surface area (Å²) in [7, 11) is 0. The average molecular weight is 457 g/mol. The van der Waals surface area contributed by atoms with Crippen molar-refractivity contribution in [2.75, 3.05) is 18.4 Å². The molecule has 31 heavy (non-hydrogen) atoms. The molecule has 0 aliphatic carbocycles. The highest BCUT2D eigenvalue weighted by Crippen LogP contribution is 2.47. The fourth-order valence-corrected chi connectivity index (χ4v) is 4.23. The quantitative estimate of drug-likeness (QED) is 0.684. The molecule has 166 valence electrons. The second-order valence-corrected chi connectivity index (χ2v) is 8.01. The normalized spacial score (nSPS) is 19.7. The van der Waals surface area contributed by atoms with E-state index in [-0.39, 0.29) is 5.69 Å². The van der Waals surface area contributed by atoms with E-state index in [9.17, 15) is 23.1 Å². The molecule has 10 heteroatoms. The Hall–Kier alpha value is -2.65. The zero-order chi connectivity index (χ0) is 22.2. The van der Waals surface area contributed by atoms with Crippen molar-refractivity contribution in [3.05, 3.63) is 52.8 Å². The molecule has 1 unspecified atom stereocenters. The Balaban J connectivity index is 1.38. The molecular formula is C21H20ClF3N2O4. The lowest BCUT2D eigenvalue weighted by atomic mass is 9.82. The Labute approximate surface area is 181 Å². The van der Waals surface area contributed by atoms with Crippen LogP contribution >= 0.6 is 11.6 Å². The third-order valence-corrected chi connectivity index (χ3v) is 5.90. The number of carbonyl (C=O) groups excluding carboxylic acids is 1. The van der Waals surface area contributed by atoms with Gasteiger partial charge in [0.2, 0.25) is 0 Å². The number of carbonyl (C=O) groups is 1. The van der Waals surface area contributed by atoms with Crippen molar-refractivity contribution in [1.82, 2.24) is 4.90 Å². The number of likely N-dealkylation sites (tertiary alicyclic amines) is 1. The van der Waals surface area contributed by atoms with Crippen molar-refractivity contribution in [3.63, 3.8) is 0 Å². The molecule has 2 aliphatic rings. The molecule has 1 atom stereocenters. The number of aliphatic hydroxyl groups excluding tert-OH is 1. The second-order valence-electron chi connectivity index (χ2n) is 7.60. The first-order valence-corrected chi connectivity index (χ1v) is 10.1. The Morgan fingerprint density at radius 3 is 2.71 bits per heavy atom. The van der Waals surface area contributed by atoms with Gasteiger partial charge in [-0.05, 0) is 18.2 Å². The topological polar surface area (TPSA) is 71.0 Å². The zero-order valence-corrected chi connectivity index (χ0v) is 17.0. The van der Waals surface area contributed by atoms with E-state index in [0.717, 1.165) is 12.1 Å². The highest BCUT2D eigenvalue weighted by molar-refractivity contribution is 6.32. The molecule has 2 amide bonds. The van der Waals surface area contributed by atoms with Crippen LogP contribution in [0.2, 0.25) is 5.02 Å². The number of urea groups is 1. The fourth-order valence-electron chi connectivity index (χ4n) is 4.01. The Morgan fingerprint density at radius 2 is 2.03 bits per heavy atom. The third kappa shape index (κ3) is 4.52. The number of amides is 2. The maximum Gasteiger partial charge on any atom is 0.387 e. The predicted octanol–water partition coefficient (Wildman–Crippen LogP) is 4.96. The van der Waals surface area contributed by atoms with Crippen molar-refractivity contribution in [1.29, 1.82) is 0 Å². The number of aliphatic hydroxyl groups is 1. The summed E-state index contributed by atoms with van der Waals surface area (Å²) in [6, 6.07) is 8.01. The molecular weight excluding hydrogens is 437 g/mol. The highest BCUT2D eigenvalue weighted by Gasteiger charge is 2.44. The third-order valence-electron chi connectivity index (χ3n) is 5.60. The number of alkyl halides is 2. The number of fused-ring (bicyclic) bond motifs is 1. The van der Waals surface area contributed by atoms with Gasteiger partial charge in [-0.25, -0.2) is 9.18 Å². The summed E-state index contributed by atoms with van der Waals surface area (Å²) in [5.74, 6) is -1.13. The first-order valence-electron chi connectivity index (χ1n) is 9.72. The Kier molecular flexibility index (Phi) is 5.90. The number of hydrogen-bond acceptors (Lipinski definition) is 4. The number of rotatable bonds is 3. The molecule has 6 nitrogen and oxygen atoms in total. The van der Waals surface area contributed by atoms with E-state index in [1.165, 1.54) is 6.07 Å². The van der Waals surface area contributed by atoms with E-state index >= 15 is 0 Å². The summed E-state index contributed by atoms with van der Waals surface area (Å²) in [6.45, 7) is -2.43. The standard InChI is InChI=1S/C21H20ClF3N2O4/c22-14-3-1-2-13-16(28)11-21(31-18(13)14)6-8-27(9-7-21)20(29)26-12-4-5-17(15(23)10-12)30-19(24)25/h1-5,10,16,19,28H,6-9,11H2,(H,26,29). The van der Waals surface area contributed by atoms with Crippen LogP contribution in [-0.2, 0) is 0 Å². The average Bonchev–Trinajstić information content (AvgIpc) is 2.71. The number of halogens is 4. The molecule has 0 bridgehead atoms. The molecule has 4 rings (SSSR count). The highest BCUT2D eigenvalue weighted by atomic mass is 35.5. The molecule has 0 radical (unpaired) electrons. The first kappa shape index (κ1) is 21.6. The number of benzene rings is 2. The van der Waals surface area contributed by atoms with Crippen molar-refractivity contribution in [2.45, 2.75) is 37.6 Å². The SMILES string of the molecule is O=C(Nc1ccc(OC(F)F)c(F)c1)N1CCC2(CC1)CC(O)c1cccc(Cl)c1O2. The zero-order valence-electron chi connectivity index (χ0n) is 16.3. The molecule has 2 aromatic rings. The van der Waals surface area contributed by atoms with E-state index in [2.05, 4.69) is 10.1 Å². The van der Waals surface area contributed by atoms with Crippen LogP contribution in [0.15, 0.2) is 36.4 Å². The smallest absolute Gasteiger partial charge is 0.387 e. The summed E-state index contributed by atoms with van der Waals surface area (Å²) in [6.07, 6.45) is 0.655. The van der Waals surface area contributed by atoms with E-state index in [4.69, 9.17) is 16.3 Å². The van der Waals surface area contributed by atoms with Crippen LogP contribution in [-0.4, -0.2) is 41.3 Å². The van der Waals surface area contributed by atoms with Gasteiger partial charge in [-0.2, -0.15) is 8.78 Å². The van der Waals surface area contributed by atoms with E-state index in [0.29, 0.717) is 48.7 Å². The van der Waals surface area contributed by atoms with E-state index in [1.54, 1.807) is 23.1 Å². The van der Waals surface area contributed by atoms with Crippen LogP contribution in [0.3, 0.4) is 0 Å². The molecule has 1 saturated heterocycles. The molecule has 2 aromatic carbocycles. The van der Waals surface area contributed by atoms with Gasteiger partial charge in [-0.1, -0.05) is 23.7 Å². The van der Waals surface area contributed by atoms with Gasteiger partial charge in [0.15, 0.2) is 11.6 Å². The molecule has 1 fully saturated rings. The van der Waals surface area contributed by atoms with Gasteiger partial charge in [-0.15, -0.1) is 0 Å². The summed E-state index contributed by atoms with van der Waals surface area (Å²) in [4.78, 5) is 14.1. The van der Waals surface area contributed by atoms with Crippen LogP contribution in [0.4, 0.5) is 23.7 Å². The number of nitrogens with one attached hydrogen (secondary N) is 1. The Bertz CT molecular complexity index is 983. The second kappa shape index (κ2) is 8.47. The molecule has 2 aliphatic heterocycles. The van der Waals surface area contributed by atoms with Crippen LogP contribution in [0.25, 0.3) is 0 Å². The maximum atomic E-state index is 13.9.